The lowest BCUT2D eigenvalue weighted by atomic mass is 10.0. The molecule has 20 heteroatoms. The van der Waals surface area contributed by atoms with Gasteiger partial charge in [-0.25, -0.2) is 14.8 Å². The molecule has 2 aromatic carbocycles. The normalized spacial score (nSPS) is 15.4. The number of oxazole rings is 2. The fourth-order valence-corrected chi connectivity index (χ4v) is 5.73. The average molecular weight is 775 g/mol. The molecule has 0 aliphatic heterocycles. The molecule has 0 fully saturated rings. The second-order valence-corrected chi connectivity index (χ2v) is 11.8. The third-order valence-corrected chi connectivity index (χ3v) is 8.24. The zero-order chi connectivity index (χ0) is 37.8. The maximum Gasteiger partial charge on any atom is 0.373 e. The number of alkyl halides is 4. The van der Waals surface area contributed by atoms with Crippen molar-refractivity contribution >= 4 is 24.3 Å². The number of nitrogens with two attached hydrogens (primary N) is 1. The number of hydrogen-bond acceptors (Lipinski definition) is 13. The van der Waals surface area contributed by atoms with Crippen molar-refractivity contribution in [3.8, 4) is 22.8 Å². The molecule has 4 heterocycles. The standard InChI is InChI=1S/C17H14F2N4O3.C12H11F2N3O.C5H5NO3.ClH/c1-8-20-7-13(25-8)16(24)21-12-5-3-9-6-10(2-4-11(9)12)15-22-17(14(18)19)26-23-15;13-10(14)12-16-11(17-18-12)7-1-3-8-6(5-7)2-4-9(8)15;1-3-6-2-4(9-3)5(7)8;/h2,4,6-7,12,14H,3,5H2,1H3,(H,21,24);1,3,5,9-10H,2,4,15H2;2H,1H3,(H,7,8);1H/t12-;9-;;/m11../s1. The van der Waals surface area contributed by atoms with E-state index in [1.54, 1.807) is 26.0 Å². The summed E-state index contributed by atoms with van der Waals surface area (Å²) in [6.45, 7) is 3.26. The molecule has 0 unspecified atom stereocenters. The highest BCUT2D eigenvalue weighted by Gasteiger charge is 2.27. The fourth-order valence-electron chi connectivity index (χ4n) is 5.73. The van der Waals surface area contributed by atoms with Crippen molar-refractivity contribution in [3.05, 3.63) is 106 Å². The molecule has 2 aliphatic carbocycles. The van der Waals surface area contributed by atoms with Crippen LogP contribution in [0.3, 0.4) is 0 Å². The van der Waals surface area contributed by atoms with Crippen LogP contribution >= 0.6 is 12.4 Å². The van der Waals surface area contributed by atoms with Gasteiger partial charge in [-0.1, -0.05) is 34.6 Å². The Labute approximate surface area is 308 Å². The van der Waals surface area contributed by atoms with Crippen LogP contribution < -0.4 is 11.1 Å². The van der Waals surface area contributed by atoms with Crippen LogP contribution in [0.5, 0.6) is 0 Å². The van der Waals surface area contributed by atoms with E-state index in [1.807, 2.05) is 24.3 Å². The Balaban J connectivity index is 0.000000173. The third-order valence-electron chi connectivity index (χ3n) is 8.24. The number of hydrogen-bond donors (Lipinski definition) is 3. The van der Waals surface area contributed by atoms with Crippen LogP contribution in [0, 0.1) is 13.8 Å². The van der Waals surface area contributed by atoms with Gasteiger partial charge in [0.05, 0.1) is 18.4 Å². The number of nitrogens with one attached hydrogen (secondary N) is 1. The average Bonchev–Trinajstić information content (AvgIpc) is 3.98. The van der Waals surface area contributed by atoms with Crippen LogP contribution in [0.1, 0.15) is 105 Å². The summed E-state index contributed by atoms with van der Waals surface area (Å²) in [5.41, 5.74) is 11.4. The SMILES string of the molecule is Cc1ncc(C(=O)N[C@@H]2CCc3cc(-c4noc(C(F)F)n4)ccc32)o1.Cc1ncc(C(=O)O)o1.Cl.N[C@@H]1CCc2cc(-c3noc(C(F)F)n3)ccc21. The molecule has 0 saturated heterocycles. The third kappa shape index (κ3) is 8.97. The van der Waals surface area contributed by atoms with Gasteiger partial charge in [-0.05, 0) is 60.1 Å². The minimum atomic E-state index is -2.80. The maximum atomic E-state index is 12.6. The van der Waals surface area contributed by atoms with Crippen LogP contribution in [0.25, 0.3) is 22.8 Å². The van der Waals surface area contributed by atoms with Crippen molar-refractivity contribution in [3.63, 3.8) is 0 Å². The van der Waals surface area contributed by atoms with Crippen LogP contribution in [0.4, 0.5) is 17.6 Å². The van der Waals surface area contributed by atoms with E-state index in [2.05, 4.69) is 49.0 Å². The Morgan fingerprint density at radius 2 is 1.30 bits per heavy atom. The molecule has 8 rings (SSSR count). The summed E-state index contributed by atoms with van der Waals surface area (Å²) in [6, 6.07) is 10.9. The molecule has 2 atom stereocenters. The summed E-state index contributed by atoms with van der Waals surface area (Å²) in [5.74, 6) is -1.62. The van der Waals surface area contributed by atoms with Crippen LogP contribution in [0.2, 0.25) is 0 Å². The summed E-state index contributed by atoms with van der Waals surface area (Å²) in [7, 11) is 0. The largest absolute Gasteiger partial charge is 0.475 e. The van der Waals surface area contributed by atoms with Crippen LogP contribution in [-0.4, -0.2) is 47.2 Å². The van der Waals surface area contributed by atoms with Crippen LogP contribution in [0.15, 0.2) is 66.7 Å². The second kappa shape index (κ2) is 16.8. The Morgan fingerprint density at radius 1 is 0.796 bits per heavy atom. The van der Waals surface area contributed by atoms with Gasteiger partial charge in [0.25, 0.3) is 17.7 Å². The lowest BCUT2D eigenvalue weighted by molar-refractivity contribution is 0.0660. The van der Waals surface area contributed by atoms with Crippen molar-refractivity contribution in [1.82, 2.24) is 35.6 Å². The molecule has 4 N–H and O–H groups in total. The summed E-state index contributed by atoms with van der Waals surface area (Å²) < 4.78 is 68.8. The molecular weight excluding hydrogens is 744 g/mol. The van der Waals surface area contributed by atoms with Crippen molar-refractivity contribution in [2.24, 2.45) is 5.73 Å². The van der Waals surface area contributed by atoms with Crippen molar-refractivity contribution < 1.29 is 50.1 Å². The summed E-state index contributed by atoms with van der Waals surface area (Å²) in [5, 5.41) is 18.3. The number of carbonyl (C=O) groups is 2. The lowest BCUT2D eigenvalue weighted by Gasteiger charge is -2.13. The topological polar surface area (TPSA) is 222 Å². The van der Waals surface area contributed by atoms with Gasteiger partial charge in [0, 0.05) is 31.0 Å². The Bertz CT molecular complexity index is 2240. The van der Waals surface area contributed by atoms with E-state index in [0.717, 1.165) is 47.9 Å². The molecule has 0 spiro atoms. The Kier molecular flexibility index (Phi) is 12.2. The Hall–Kier alpha value is -5.95. The van der Waals surface area contributed by atoms with E-state index < -0.39 is 30.6 Å². The number of carboxylic acids is 1. The van der Waals surface area contributed by atoms with Gasteiger partial charge < -0.3 is 34.0 Å². The molecule has 6 aromatic rings. The van der Waals surface area contributed by atoms with Gasteiger partial charge in [-0.2, -0.15) is 27.5 Å². The minimum Gasteiger partial charge on any atom is -0.475 e. The number of aromatic nitrogens is 6. The quantitative estimate of drug-likeness (QED) is 0.138. The number of aryl methyl sites for hydroxylation is 4. The highest BCUT2D eigenvalue weighted by atomic mass is 35.5. The Morgan fingerprint density at radius 3 is 1.76 bits per heavy atom. The van der Waals surface area contributed by atoms with E-state index >= 15 is 0 Å². The first-order chi connectivity index (χ1) is 25.4. The predicted octanol–water partition coefficient (Wildman–Crippen LogP) is 7.11. The molecule has 0 radical (unpaired) electrons. The number of carbonyl (C=O) groups excluding carboxylic acids is 1. The lowest BCUT2D eigenvalue weighted by Crippen LogP contribution is -2.26. The molecule has 284 valence electrons. The first kappa shape index (κ1) is 39.3. The van der Waals surface area contributed by atoms with Crippen molar-refractivity contribution in [1.29, 1.82) is 0 Å². The molecule has 1 amide bonds. The monoisotopic (exact) mass is 774 g/mol. The van der Waals surface area contributed by atoms with E-state index in [4.69, 9.17) is 15.3 Å². The van der Waals surface area contributed by atoms with E-state index in [1.165, 1.54) is 12.4 Å². The van der Waals surface area contributed by atoms with Crippen LogP contribution in [-0.2, 0) is 12.8 Å². The first-order valence-corrected chi connectivity index (χ1v) is 16.0. The fraction of sp³-hybridized carbons (Fsp3) is 0.294. The summed E-state index contributed by atoms with van der Waals surface area (Å²) in [4.78, 5) is 37.2. The van der Waals surface area contributed by atoms with E-state index in [9.17, 15) is 27.2 Å². The maximum absolute atomic E-state index is 12.6. The molecule has 0 bridgehead atoms. The summed E-state index contributed by atoms with van der Waals surface area (Å²) in [6.07, 6.45) is 0.295. The van der Waals surface area contributed by atoms with Crippen molar-refractivity contribution in [2.45, 2.75) is 64.5 Å². The number of benzene rings is 2. The summed E-state index contributed by atoms with van der Waals surface area (Å²) >= 11 is 0. The van der Waals surface area contributed by atoms with Gasteiger partial charge in [-0.15, -0.1) is 12.4 Å². The zero-order valence-corrected chi connectivity index (χ0v) is 29.2. The van der Waals surface area contributed by atoms with Crippen molar-refractivity contribution in [2.75, 3.05) is 0 Å². The first-order valence-electron chi connectivity index (χ1n) is 16.0. The van der Waals surface area contributed by atoms with Gasteiger partial charge in [0.1, 0.15) is 0 Å². The van der Waals surface area contributed by atoms with Gasteiger partial charge in [-0.3, -0.25) is 4.79 Å². The van der Waals surface area contributed by atoms with E-state index in [-0.39, 0.29) is 53.6 Å². The highest BCUT2D eigenvalue weighted by Crippen LogP contribution is 2.35. The number of halogens is 5. The number of amides is 1. The smallest absolute Gasteiger partial charge is 0.373 e. The number of fused-ring (bicyclic) bond motifs is 2. The molecular formula is C34H31ClF4N8O7. The second-order valence-electron chi connectivity index (χ2n) is 11.8. The zero-order valence-electron chi connectivity index (χ0n) is 28.3. The van der Waals surface area contributed by atoms with Gasteiger partial charge in [0.2, 0.25) is 23.2 Å². The number of nitrogens with zero attached hydrogens (tertiary/aromatic N) is 6. The molecule has 15 nitrogen and oxygen atoms in total. The minimum absolute atomic E-state index is 0. The highest BCUT2D eigenvalue weighted by molar-refractivity contribution is 5.91. The van der Waals surface area contributed by atoms with Gasteiger partial charge >= 0.3 is 18.8 Å². The van der Waals surface area contributed by atoms with Gasteiger partial charge in [0.15, 0.2) is 11.8 Å². The number of carboxylic acid groups (broad SMARTS) is 1. The van der Waals surface area contributed by atoms with E-state index in [0.29, 0.717) is 22.9 Å². The number of rotatable bonds is 7. The predicted molar refractivity (Wildman–Crippen MR) is 180 cm³/mol. The molecule has 2 aliphatic rings. The molecule has 0 saturated carbocycles. The molecule has 54 heavy (non-hydrogen) atoms. The molecule has 4 aromatic heterocycles. The number of aromatic carboxylic acids is 1.